The van der Waals surface area contributed by atoms with Crippen molar-refractivity contribution in [2.24, 2.45) is 0 Å². The van der Waals surface area contributed by atoms with Crippen molar-refractivity contribution in [2.45, 2.75) is 13.1 Å². The average Bonchev–Trinajstić information content (AvgIpc) is 2.29. The molecule has 88 valence electrons. The molecule has 0 N–H and O–H groups in total. The van der Waals surface area contributed by atoms with Gasteiger partial charge >= 0.3 is 6.18 Å². The van der Waals surface area contributed by atoms with Crippen LogP contribution in [-0.4, -0.2) is 4.98 Å². The summed E-state index contributed by atoms with van der Waals surface area (Å²) in [4.78, 5) is 3.33. The van der Waals surface area contributed by atoms with Crippen LogP contribution >= 0.6 is 0 Å². The molecule has 0 radical (unpaired) electrons. The minimum absolute atomic E-state index is 0.521. The highest BCUT2D eigenvalue weighted by Crippen LogP contribution is 2.30. The van der Waals surface area contributed by atoms with Crippen molar-refractivity contribution in [2.75, 3.05) is 0 Å². The third kappa shape index (κ3) is 2.64. The number of rotatable bonds is 1. The van der Waals surface area contributed by atoms with Crippen molar-refractivity contribution < 1.29 is 13.2 Å². The zero-order chi connectivity index (χ0) is 12.5. The van der Waals surface area contributed by atoms with Crippen LogP contribution in [0.5, 0.6) is 0 Å². The van der Waals surface area contributed by atoms with E-state index in [1.54, 1.807) is 18.2 Å². The van der Waals surface area contributed by atoms with Crippen molar-refractivity contribution in [3.63, 3.8) is 0 Å². The summed E-state index contributed by atoms with van der Waals surface area (Å²) in [5.74, 6) is 0. The molecule has 2 rings (SSSR count). The molecule has 0 bridgehead atoms. The normalized spacial score (nSPS) is 11.5. The molecule has 0 saturated heterocycles. The van der Waals surface area contributed by atoms with Gasteiger partial charge in [-0.3, -0.25) is 4.98 Å². The second kappa shape index (κ2) is 4.20. The van der Waals surface area contributed by atoms with Crippen LogP contribution in [0.4, 0.5) is 13.2 Å². The molecule has 0 aliphatic rings. The first kappa shape index (κ1) is 11.6. The van der Waals surface area contributed by atoms with Gasteiger partial charge in [0.05, 0.1) is 0 Å². The van der Waals surface area contributed by atoms with E-state index in [4.69, 9.17) is 0 Å². The van der Waals surface area contributed by atoms with Crippen LogP contribution in [0.2, 0.25) is 0 Å². The van der Waals surface area contributed by atoms with Crippen LogP contribution in [0.3, 0.4) is 0 Å². The Bertz CT molecular complexity index is 515. The van der Waals surface area contributed by atoms with Crippen molar-refractivity contribution in [3.05, 3.63) is 53.9 Å². The van der Waals surface area contributed by atoms with Gasteiger partial charge < -0.3 is 0 Å². The minimum atomic E-state index is -4.40. The molecule has 1 aromatic carbocycles. The highest BCUT2D eigenvalue weighted by atomic mass is 19.4. The van der Waals surface area contributed by atoms with E-state index in [0.29, 0.717) is 5.56 Å². The van der Waals surface area contributed by atoms with Crippen LogP contribution in [0, 0.1) is 6.92 Å². The fourth-order valence-electron chi connectivity index (χ4n) is 1.51. The zero-order valence-electron chi connectivity index (χ0n) is 9.12. The average molecular weight is 237 g/mol. The van der Waals surface area contributed by atoms with Crippen molar-refractivity contribution in [1.29, 1.82) is 0 Å². The van der Waals surface area contributed by atoms with E-state index in [2.05, 4.69) is 4.98 Å². The summed E-state index contributed by atoms with van der Waals surface area (Å²) in [6.45, 7) is 1.93. The van der Waals surface area contributed by atoms with Gasteiger partial charge in [-0.05, 0) is 30.2 Å². The lowest BCUT2D eigenvalue weighted by atomic mass is 10.0. The SMILES string of the molecule is Cc1ccc(-c2ccnc(C(F)(F)F)c2)cc1. The monoisotopic (exact) mass is 237 g/mol. The molecule has 17 heavy (non-hydrogen) atoms. The number of benzene rings is 1. The number of aryl methyl sites for hydroxylation is 1. The first-order valence-corrected chi connectivity index (χ1v) is 5.07. The Morgan fingerprint density at radius 3 is 2.18 bits per heavy atom. The topological polar surface area (TPSA) is 12.9 Å². The van der Waals surface area contributed by atoms with Crippen LogP contribution < -0.4 is 0 Å². The molecular formula is C13H10F3N. The lowest BCUT2D eigenvalue weighted by Crippen LogP contribution is -2.07. The van der Waals surface area contributed by atoms with Crippen molar-refractivity contribution in [3.8, 4) is 11.1 Å². The van der Waals surface area contributed by atoms with Crippen LogP contribution in [0.15, 0.2) is 42.6 Å². The quantitative estimate of drug-likeness (QED) is 0.728. The predicted molar refractivity (Wildman–Crippen MR) is 59.4 cm³/mol. The summed E-state index contributed by atoms with van der Waals surface area (Å²) < 4.78 is 37.5. The fraction of sp³-hybridized carbons (Fsp3) is 0.154. The standard InChI is InChI=1S/C13H10F3N/c1-9-2-4-10(5-3-9)11-6-7-17-12(8-11)13(14,15)16/h2-8H,1H3. The largest absolute Gasteiger partial charge is 0.433 e. The summed E-state index contributed by atoms with van der Waals surface area (Å²) in [6, 6.07) is 9.95. The first-order valence-electron chi connectivity index (χ1n) is 5.07. The molecule has 0 aliphatic carbocycles. The highest BCUT2D eigenvalue weighted by molar-refractivity contribution is 5.63. The van der Waals surface area contributed by atoms with Gasteiger partial charge in [-0.1, -0.05) is 29.8 Å². The van der Waals surface area contributed by atoms with Crippen LogP contribution in [0.1, 0.15) is 11.3 Å². The summed E-state index contributed by atoms with van der Waals surface area (Å²) in [6.07, 6.45) is -3.22. The predicted octanol–water partition coefficient (Wildman–Crippen LogP) is 4.08. The molecule has 1 heterocycles. The Labute approximate surface area is 96.9 Å². The molecule has 2 aromatic rings. The molecule has 0 atom stereocenters. The number of alkyl halides is 3. The molecule has 0 spiro atoms. The molecule has 0 amide bonds. The van der Waals surface area contributed by atoms with Gasteiger partial charge in [0.1, 0.15) is 5.69 Å². The second-order valence-electron chi connectivity index (χ2n) is 3.79. The first-order chi connectivity index (χ1) is 7.97. The van der Waals surface area contributed by atoms with Crippen LogP contribution in [-0.2, 0) is 6.18 Å². The molecule has 4 heteroatoms. The maximum atomic E-state index is 12.5. The summed E-state index contributed by atoms with van der Waals surface area (Å²) in [5, 5.41) is 0. The van der Waals surface area contributed by atoms with E-state index in [-0.39, 0.29) is 0 Å². The summed E-state index contributed by atoms with van der Waals surface area (Å²) >= 11 is 0. The van der Waals surface area contributed by atoms with Gasteiger partial charge in [-0.25, -0.2) is 0 Å². The van der Waals surface area contributed by atoms with E-state index in [1.807, 2.05) is 19.1 Å². The lowest BCUT2D eigenvalue weighted by molar-refractivity contribution is -0.141. The highest BCUT2D eigenvalue weighted by Gasteiger charge is 2.32. The summed E-state index contributed by atoms with van der Waals surface area (Å²) in [5.41, 5.74) is 1.48. The fourth-order valence-corrected chi connectivity index (χ4v) is 1.51. The van der Waals surface area contributed by atoms with Gasteiger partial charge in [0.15, 0.2) is 0 Å². The van der Waals surface area contributed by atoms with Gasteiger partial charge in [0, 0.05) is 6.20 Å². The Hall–Kier alpha value is -1.84. The number of pyridine rings is 1. The van der Waals surface area contributed by atoms with Gasteiger partial charge in [0.25, 0.3) is 0 Å². The van der Waals surface area contributed by atoms with Crippen LogP contribution in [0.25, 0.3) is 11.1 Å². The van der Waals surface area contributed by atoms with Gasteiger partial charge in [-0.2, -0.15) is 13.2 Å². The van der Waals surface area contributed by atoms with E-state index in [1.165, 1.54) is 6.20 Å². The molecule has 0 saturated carbocycles. The third-order valence-corrected chi connectivity index (χ3v) is 2.44. The minimum Gasteiger partial charge on any atom is -0.252 e. The lowest BCUT2D eigenvalue weighted by Gasteiger charge is -2.07. The Morgan fingerprint density at radius 1 is 0.941 bits per heavy atom. The maximum Gasteiger partial charge on any atom is 0.433 e. The maximum absolute atomic E-state index is 12.5. The molecular weight excluding hydrogens is 227 g/mol. The number of nitrogens with zero attached hydrogens (tertiary/aromatic N) is 1. The molecule has 0 unspecified atom stereocenters. The number of halogens is 3. The van der Waals surface area contributed by atoms with E-state index < -0.39 is 11.9 Å². The number of hydrogen-bond acceptors (Lipinski definition) is 1. The Balaban J connectivity index is 2.43. The van der Waals surface area contributed by atoms with Gasteiger partial charge in [-0.15, -0.1) is 0 Å². The smallest absolute Gasteiger partial charge is 0.252 e. The molecule has 0 fully saturated rings. The molecule has 0 aliphatic heterocycles. The number of hydrogen-bond donors (Lipinski definition) is 0. The zero-order valence-corrected chi connectivity index (χ0v) is 9.12. The second-order valence-corrected chi connectivity index (χ2v) is 3.79. The molecule has 1 aromatic heterocycles. The van der Waals surface area contributed by atoms with E-state index in [0.717, 1.165) is 17.2 Å². The third-order valence-electron chi connectivity index (χ3n) is 2.44. The molecule has 1 nitrogen and oxygen atoms in total. The Morgan fingerprint density at radius 2 is 1.59 bits per heavy atom. The van der Waals surface area contributed by atoms with E-state index in [9.17, 15) is 13.2 Å². The van der Waals surface area contributed by atoms with E-state index >= 15 is 0 Å². The number of aromatic nitrogens is 1. The van der Waals surface area contributed by atoms with Crippen molar-refractivity contribution in [1.82, 2.24) is 4.98 Å². The summed E-state index contributed by atoms with van der Waals surface area (Å²) in [7, 11) is 0. The van der Waals surface area contributed by atoms with Crippen molar-refractivity contribution >= 4 is 0 Å². The van der Waals surface area contributed by atoms with Gasteiger partial charge in [0.2, 0.25) is 0 Å². The Kier molecular flexibility index (Phi) is 2.88.